The first-order valence-corrected chi connectivity index (χ1v) is 9.99. The molecule has 0 aromatic carbocycles. The van der Waals surface area contributed by atoms with Gasteiger partial charge in [-0.05, 0) is 25.7 Å². The van der Waals surface area contributed by atoms with Gasteiger partial charge in [-0.1, -0.05) is 13.8 Å². The van der Waals surface area contributed by atoms with E-state index in [0.29, 0.717) is 51.7 Å². The van der Waals surface area contributed by atoms with E-state index in [1.165, 1.54) is 0 Å². The second-order valence-electron chi connectivity index (χ2n) is 6.86. The second kappa shape index (κ2) is 7.92. The van der Waals surface area contributed by atoms with Crippen LogP contribution in [-0.2, 0) is 15.0 Å². The highest BCUT2D eigenvalue weighted by Crippen LogP contribution is 2.18. The van der Waals surface area contributed by atoms with Gasteiger partial charge in [0.25, 0.3) is 10.2 Å². The molecule has 0 aromatic rings. The molecule has 2 saturated heterocycles. The lowest BCUT2D eigenvalue weighted by Crippen LogP contribution is -2.56. The molecule has 0 saturated carbocycles. The van der Waals surface area contributed by atoms with Crippen molar-refractivity contribution in [3.8, 4) is 0 Å². The van der Waals surface area contributed by atoms with Gasteiger partial charge in [0.15, 0.2) is 0 Å². The molecular weight excluding hydrogens is 316 g/mol. The summed E-state index contributed by atoms with van der Waals surface area (Å²) < 4.78 is 28.2. The fourth-order valence-electron chi connectivity index (χ4n) is 3.02. The zero-order chi connectivity index (χ0) is 17.0. The number of nitrogens with one attached hydrogen (secondary N) is 1. The molecule has 1 amide bonds. The van der Waals surface area contributed by atoms with Crippen molar-refractivity contribution in [3.05, 3.63) is 0 Å². The standard InChI is InChI=1S/C15H30N4O3S/c1-13(2)12-16-15(20)14(3)17-8-10-19(11-9-17)23(21,22)18-6-4-5-7-18/h13-14H,4-12H2,1-3H3,(H,16,20). The molecule has 1 unspecified atom stereocenters. The normalized spacial score (nSPS) is 23.3. The fourth-order valence-corrected chi connectivity index (χ4v) is 4.69. The first-order chi connectivity index (χ1) is 10.8. The zero-order valence-corrected chi connectivity index (χ0v) is 15.3. The van der Waals surface area contributed by atoms with E-state index < -0.39 is 10.2 Å². The smallest absolute Gasteiger partial charge is 0.282 e. The Morgan fingerprint density at radius 1 is 0.957 bits per heavy atom. The number of hydrogen-bond donors (Lipinski definition) is 1. The Labute approximate surface area is 140 Å². The third-order valence-electron chi connectivity index (χ3n) is 4.60. The number of carbonyl (C=O) groups excluding carboxylic acids is 1. The molecule has 2 aliphatic rings. The Kier molecular flexibility index (Phi) is 6.41. The first-order valence-electron chi connectivity index (χ1n) is 8.59. The molecule has 2 heterocycles. The molecule has 0 radical (unpaired) electrons. The molecule has 0 aromatic heterocycles. The second-order valence-corrected chi connectivity index (χ2v) is 8.79. The summed E-state index contributed by atoms with van der Waals surface area (Å²) in [6, 6.07) is -0.217. The highest BCUT2D eigenvalue weighted by atomic mass is 32.2. The first kappa shape index (κ1) is 18.6. The van der Waals surface area contributed by atoms with Crippen LogP contribution < -0.4 is 5.32 Å². The van der Waals surface area contributed by atoms with Gasteiger partial charge in [0, 0.05) is 45.8 Å². The summed E-state index contributed by atoms with van der Waals surface area (Å²) in [5.74, 6) is 0.447. The van der Waals surface area contributed by atoms with Gasteiger partial charge < -0.3 is 5.32 Å². The van der Waals surface area contributed by atoms with Crippen LogP contribution in [0, 0.1) is 5.92 Å². The van der Waals surface area contributed by atoms with Gasteiger partial charge in [0.05, 0.1) is 6.04 Å². The van der Waals surface area contributed by atoms with E-state index in [4.69, 9.17) is 0 Å². The molecule has 1 atom stereocenters. The highest BCUT2D eigenvalue weighted by Gasteiger charge is 2.35. The predicted molar refractivity (Wildman–Crippen MR) is 90.2 cm³/mol. The average molecular weight is 346 g/mol. The summed E-state index contributed by atoms with van der Waals surface area (Å²) in [7, 11) is -3.31. The number of carbonyl (C=O) groups is 1. The van der Waals surface area contributed by atoms with Crippen LogP contribution in [0.5, 0.6) is 0 Å². The Morgan fingerprint density at radius 2 is 1.48 bits per heavy atom. The van der Waals surface area contributed by atoms with E-state index in [2.05, 4.69) is 24.1 Å². The van der Waals surface area contributed by atoms with E-state index in [9.17, 15) is 13.2 Å². The van der Waals surface area contributed by atoms with Crippen LogP contribution in [0.1, 0.15) is 33.6 Å². The van der Waals surface area contributed by atoms with Crippen LogP contribution in [0.4, 0.5) is 0 Å². The third-order valence-corrected chi connectivity index (χ3v) is 6.64. The number of rotatable bonds is 6. The van der Waals surface area contributed by atoms with Gasteiger partial charge in [0.1, 0.15) is 0 Å². The van der Waals surface area contributed by atoms with Gasteiger partial charge in [-0.15, -0.1) is 0 Å². The Balaban J connectivity index is 1.84. The summed E-state index contributed by atoms with van der Waals surface area (Å²) >= 11 is 0. The zero-order valence-electron chi connectivity index (χ0n) is 14.5. The lowest BCUT2D eigenvalue weighted by Gasteiger charge is -2.38. The number of amides is 1. The van der Waals surface area contributed by atoms with Crippen LogP contribution in [0.3, 0.4) is 0 Å². The van der Waals surface area contributed by atoms with Crippen molar-refractivity contribution in [3.63, 3.8) is 0 Å². The van der Waals surface area contributed by atoms with Gasteiger partial charge >= 0.3 is 0 Å². The summed E-state index contributed by atoms with van der Waals surface area (Å²) in [6.07, 6.45) is 1.90. The molecule has 2 aliphatic heterocycles. The third kappa shape index (κ3) is 4.65. The lowest BCUT2D eigenvalue weighted by molar-refractivity contribution is -0.126. The Hall–Kier alpha value is -0.700. The van der Waals surface area contributed by atoms with E-state index in [-0.39, 0.29) is 11.9 Å². The molecule has 0 bridgehead atoms. The molecule has 134 valence electrons. The topological polar surface area (TPSA) is 73.0 Å². The number of hydrogen-bond acceptors (Lipinski definition) is 4. The van der Waals surface area contributed by atoms with Crippen molar-refractivity contribution in [1.29, 1.82) is 0 Å². The van der Waals surface area contributed by atoms with Gasteiger partial charge in [-0.2, -0.15) is 17.0 Å². The molecule has 0 spiro atoms. The van der Waals surface area contributed by atoms with Gasteiger partial charge in [-0.3, -0.25) is 9.69 Å². The Bertz CT molecular complexity index is 495. The predicted octanol–water partition coefficient (Wildman–Crippen LogP) is 0.105. The van der Waals surface area contributed by atoms with Crippen LogP contribution in [0.15, 0.2) is 0 Å². The van der Waals surface area contributed by atoms with Crippen molar-refractivity contribution >= 4 is 16.1 Å². The average Bonchev–Trinajstić information content (AvgIpc) is 3.07. The minimum absolute atomic E-state index is 0.0227. The van der Waals surface area contributed by atoms with Crippen LogP contribution in [0.25, 0.3) is 0 Å². The van der Waals surface area contributed by atoms with Crippen LogP contribution >= 0.6 is 0 Å². The molecule has 8 heteroatoms. The minimum atomic E-state index is -3.31. The lowest BCUT2D eigenvalue weighted by atomic mass is 10.2. The van der Waals surface area contributed by atoms with E-state index in [1.807, 2.05) is 6.92 Å². The maximum absolute atomic E-state index is 12.5. The molecule has 2 fully saturated rings. The summed E-state index contributed by atoms with van der Waals surface area (Å²) in [5.41, 5.74) is 0. The fraction of sp³-hybridized carbons (Fsp3) is 0.933. The molecule has 23 heavy (non-hydrogen) atoms. The van der Waals surface area contributed by atoms with Crippen molar-refractivity contribution in [2.24, 2.45) is 5.92 Å². The van der Waals surface area contributed by atoms with E-state index in [1.54, 1.807) is 8.61 Å². The van der Waals surface area contributed by atoms with Crippen LogP contribution in [-0.4, -0.2) is 79.7 Å². The highest BCUT2D eigenvalue weighted by molar-refractivity contribution is 7.86. The molecule has 0 aliphatic carbocycles. The molecular formula is C15H30N4O3S. The van der Waals surface area contributed by atoms with Gasteiger partial charge in [-0.25, -0.2) is 0 Å². The largest absolute Gasteiger partial charge is 0.354 e. The summed E-state index contributed by atoms with van der Waals surface area (Å²) in [6.45, 7) is 10.1. The van der Waals surface area contributed by atoms with Crippen molar-refractivity contribution in [1.82, 2.24) is 18.8 Å². The van der Waals surface area contributed by atoms with Crippen LogP contribution in [0.2, 0.25) is 0 Å². The van der Waals surface area contributed by atoms with E-state index in [0.717, 1.165) is 12.8 Å². The number of nitrogens with zero attached hydrogens (tertiary/aromatic N) is 3. The van der Waals surface area contributed by atoms with Crippen molar-refractivity contribution in [2.45, 2.75) is 39.7 Å². The van der Waals surface area contributed by atoms with Crippen molar-refractivity contribution < 1.29 is 13.2 Å². The molecule has 7 nitrogen and oxygen atoms in total. The molecule has 1 N–H and O–H groups in total. The Morgan fingerprint density at radius 3 is 2.00 bits per heavy atom. The van der Waals surface area contributed by atoms with E-state index >= 15 is 0 Å². The summed E-state index contributed by atoms with van der Waals surface area (Å²) in [5, 5.41) is 2.94. The maximum Gasteiger partial charge on any atom is 0.282 e. The van der Waals surface area contributed by atoms with Crippen molar-refractivity contribution in [2.75, 3.05) is 45.8 Å². The monoisotopic (exact) mass is 346 g/mol. The van der Waals surface area contributed by atoms with Gasteiger partial charge in [0.2, 0.25) is 5.91 Å². The molecule has 2 rings (SSSR count). The maximum atomic E-state index is 12.5. The summed E-state index contributed by atoms with van der Waals surface area (Å²) in [4.78, 5) is 14.2. The SMILES string of the molecule is CC(C)CNC(=O)C(C)N1CCN(S(=O)(=O)N2CCCC2)CC1. The number of piperazine rings is 1. The minimum Gasteiger partial charge on any atom is -0.354 e. The quantitative estimate of drug-likeness (QED) is 0.741.